The van der Waals surface area contributed by atoms with Crippen molar-refractivity contribution < 1.29 is 23.6 Å². The van der Waals surface area contributed by atoms with E-state index >= 15 is 0 Å². The normalized spacial score (nSPS) is 16.5. The van der Waals surface area contributed by atoms with E-state index in [0.29, 0.717) is 0 Å². The van der Waals surface area contributed by atoms with Crippen molar-refractivity contribution in [2.75, 3.05) is 24.6 Å². The van der Waals surface area contributed by atoms with Gasteiger partial charge in [-0.15, -0.1) is 0 Å². The molecule has 0 aromatic carbocycles. The standard InChI is InChI=1S/C24H47O5P/c1-5-9-18-30(19-10-6-2,20-11-7-3,21-12-8-4)29-24(26)28-23(25)27-22-16-14-13-15-17-22/h22H,5-21H2,1-4H3. The number of carbonyl (C=O) groups excluding carboxylic acids is 2. The van der Waals surface area contributed by atoms with Crippen LogP contribution in [-0.4, -0.2) is 43.1 Å². The maximum absolute atomic E-state index is 12.9. The van der Waals surface area contributed by atoms with Crippen molar-refractivity contribution in [3.63, 3.8) is 0 Å². The van der Waals surface area contributed by atoms with E-state index in [4.69, 9.17) is 14.0 Å². The second-order valence-electron chi connectivity index (χ2n) is 9.24. The third-order valence-electron chi connectivity index (χ3n) is 6.62. The molecule has 0 heterocycles. The summed E-state index contributed by atoms with van der Waals surface area (Å²) in [6, 6.07) is 0. The second kappa shape index (κ2) is 14.3. The average molecular weight is 447 g/mol. The number of ether oxygens (including phenoxy) is 2. The molecule has 1 fully saturated rings. The quantitative estimate of drug-likeness (QED) is 0.153. The van der Waals surface area contributed by atoms with E-state index in [1.54, 1.807) is 0 Å². The first kappa shape index (κ1) is 27.2. The third-order valence-corrected chi connectivity index (χ3v) is 13.1. The summed E-state index contributed by atoms with van der Waals surface area (Å²) < 4.78 is 16.8. The van der Waals surface area contributed by atoms with Crippen molar-refractivity contribution in [1.29, 1.82) is 0 Å². The van der Waals surface area contributed by atoms with Crippen LogP contribution in [0.15, 0.2) is 0 Å². The van der Waals surface area contributed by atoms with Gasteiger partial charge in [-0.05, 0) is 0 Å². The SMILES string of the molecule is CCCCP(CCCC)(CCCC)(CCCC)OC(=O)OC(=O)OC1CCCCC1. The van der Waals surface area contributed by atoms with Gasteiger partial charge in [0.2, 0.25) is 0 Å². The van der Waals surface area contributed by atoms with Gasteiger partial charge in [0, 0.05) is 0 Å². The molecule has 0 aromatic rings. The van der Waals surface area contributed by atoms with Crippen molar-refractivity contribution in [2.24, 2.45) is 0 Å². The molecule has 0 amide bonds. The Bertz CT molecular complexity index is 458. The zero-order chi connectivity index (χ0) is 22.3. The van der Waals surface area contributed by atoms with Gasteiger partial charge in [-0.25, -0.2) is 0 Å². The Morgan fingerprint density at radius 2 is 1.13 bits per heavy atom. The van der Waals surface area contributed by atoms with Crippen molar-refractivity contribution >= 4 is 19.1 Å². The van der Waals surface area contributed by atoms with Crippen LogP contribution in [0.4, 0.5) is 9.59 Å². The molecule has 0 aliphatic heterocycles. The van der Waals surface area contributed by atoms with E-state index in [1.165, 1.54) is 6.42 Å². The molecule has 30 heavy (non-hydrogen) atoms. The van der Waals surface area contributed by atoms with Crippen LogP contribution in [-0.2, 0) is 14.0 Å². The summed E-state index contributed by atoms with van der Waals surface area (Å²) in [7, 11) is 0. The van der Waals surface area contributed by atoms with Gasteiger partial charge in [0.05, 0.1) is 0 Å². The van der Waals surface area contributed by atoms with Gasteiger partial charge in [0.25, 0.3) is 0 Å². The van der Waals surface area contributed by atoms with Crippen LogP contribution in [0.3, 0.4) is 0 Å². The van der Waals surface area contributed by atoms with E-state index in [9.17, 15) is 9.59 Å². The van der Waals surface area contributed by atoms with Crippen LogP contribution >= 0.6 is 6.83 Å². The monoisotopic (exact) mass is 446 g/mol. The first-order valence-corrected chi connectivity index (χ1v) is 15.4. The minimum absolute atomic E-state index is 0.130. The summed E-state index contributed by atoms with van der Waals surface area (Å²) in [5.41, 5.74) is 0. The van der Waals surface area contributed by atoms with Crippen LogP contribution in [0, 0.1) is 0 Å². The van der Waals surface area contributed by atoms with Gasteiger partial charge < -0.3 is 0 Å². The van der Waals surface area contributed by atoms with Crippen LogP contribution in [0.25, 0.3) is 0 Å². The molecule has 0 aromatic heterocycles. The number of hydrogen-bond donors (Lipinski definition) is 0. The van der Waals surface area contributed by atoms with E-state index in [2.05, 4.69) is 27.7 Å². The van der Waals surface area contributed by atoms with Crippen molar-refractivity contribution in [3.8, 4) is 0 Å². The summed E-state index contributed by atoms with van der Waals surface area (Å²) in [5, 5.41) is 0. The number of hydrogen-bond acceptors (Lipinski definition) is 5. The van der Waals surface area contributed by atoms with Crippen molar-refractivity contribution in [2.45, 2.75) is 117 Å². The molecule has 0 radical (unpaired) electrons. The molecule has 0 saturated heterocycles. The molecule has 0 atom stereocenters. The first-order valence-electron chi connectivity index (χ1n) is 12.6. The Kier molecular flexibility index (Phi) is 12.9. The van der Waals surface area contributed by atoms with Gasteiger partial charge in [0.1, 0.15) is 0 Å². The van der Waals surface area contributed by atoms with Crippen LogP contribution < -0.4 is 0 Å². The summed E-state index contributed by atoms with van der Waals surface area (Å²) in [5.74, 6) is 0. The Hall–Kier alpha value is -0.830. The van der Waals surface area contributed by atoms with E-state index < -0.39 is 19.1 Å². The Labute approximate surface area is 185 Å². The molecule has 178 valence electrons. The molecule has 6 heteroatoms. The molecule has 0 spiro atoms. The van der Waals surface area contributed by atoms with Gasteiger partial charge >= 0.3 is 185 Å². The van der Waals surface area contributed by atoms with Gasteiger partial charge in [-0.2, -0.15) is 0 Å². The maximum atomic E-state index is 12.9. The second-order valence-corrected chi connectivity index (χ2v) is 14.9. The van der Waals surface area contributed by atoms with Crippen LogP contribution in [0.2, 0.25) is 0 Å². The minimum atomic E-state index is -2.79. The fourth-order valence-corrected chi connectivity index (χ4v) is 11.4. The number of unbranched alkanes of at least 4 members (excludes halogenated alkanes) is 4. The predicted molar refractivity (Wildman–Crippen MR) is 127 cm³/mol. The molecular formula is C24H47O5P. The van der Waals surface area contributed by atoms with Crippen molar-refractivity contribution in [3.05, 3.63) is 0 Å². The Morgan fingerprint density at radius 1 is 0.700 bits per heavy atom. The zero-order valence-electron chi connectivity index (χ0n) is 20.1. The van der Waals surface area contributed by atoms with Gasteiger partial charge in [0.15, 0.2) is 0 Å². The number of rotatable bonds is 14. The molecule has 1 aliphatic rings. The molecule has 5 nitrogen and oxygen atoms in total. The van der Waals surface area contributed by atoms with Crippen LogP contribution in [0.1, 0.15) is 111 Å². The molecule has 0 N–H and O–H groups in total. The van der Waals surface area contributed by atoms with Crippen molar-refractivity contribution in [1.82, 2.24) is 0 Å². The number of carbonyl (C=O) groups is 2. The summed E-state index contributed by atoms with van der Waals surface area (Å²) in [6.45, 7) is 5.95. The first-order chi connectivity index (χ1) is 14.4. The molecule has 0 unspecified atom stereocenters. The van der Waals surface area contributed by atoms with E-state index in [1.807, 2.05) is 0 Å². The molecule has 0 bridgehead atoms. The van der Waals surface area contributed by atoms with Crippen LogP contribution in [0.5, 0.6) is 0 Å². The zero-order valence-corrected chi connectivity index (χ0v) is 21.0. The third kappa shape index (κ3) is 9.12. The molecule has 1 aliphatic carbocycles. The Morgan fingerprint density at radius 3 is 1.53 bits per heavy atom. The summed E-state index contributed by atoms with van der Waals surface area (Å²) in [6.07, 6.45) is 15.5. The predicted octanol–water partition coefficient (Wildman–Crippen LogP) is 8.28. The Balaban J connectivity index is 2.97. The summed E-state index contributed by atoms with van der Waals surface area (Å²) >= 11 is 0. The van der Waals surface area contributed by atoms with E-state index in [-0.39, 0.29) is 6.10 Å². The molecule has 1 saturated carbocycles. The fraction of sp³-hybridized carbons (Fsp3) is 0.917. The molecule has 1 rings (SSSR count). The fourth-order valence-electron chi connectivity index (χ4n) is 4.73. The topological polar surface area (TPSA) is 61.8 Å². The van der Waals surface area contributed by atoms with E-state index in [0.717, 1.165) is 102 Å². The summed E-state index contributed by atoms with van der Waals surface area (Å²) in [4.78, 5) is 25.1. The molecular weight excluding hydrogens is 399 g/mol. The van der Waals surface area contributed by atoms with Gasteiger partial charge in [-0.1, -0.05) is 0 Å². The van der Waals surface area contributed by atoms with Gasteiger partial charge in [-0.3, -0.25) is 0 Å². The average Bonchev–Trinajstić information content (AvgIpc) is 2.74.